The van der Waals surface area contributed by atoms with Gasteiger partial charge in [0.05, 0.1) is 18.6 Å². The molecule has 182 valence electrons. The van der Waals surface area contributed by atoms with Crippen molar-refractivity contribution in [2.75, 3.05) is 55.6 Å². The minimum atomic E-state index is -0.0572. The molecule has 35 heavy (non-hydrogen) atoms. The second kappa shape index (κ2) is 10.7. The highest BCUT2D eigenvalue weighted by Gasteiger charge is 2.21. The number of anilines is 2. The van der Waals surface area contributed by atoms with Crippen LogP contribution in [0.5, 0.6) is 17.2 Å². The number of para-hydroxylation sites is 2. The van der Waals surface area contributed by atoms with Gasteiger partial charge in [-0.15, -0.1) is 0 Å². The second-order valence-corrected chi connectivity index (χ2v) is 9.11. The Morgan fingerprint density at radius 1 is 1.03 bits per heavy atom. The molecule has 0 saturated carbocycles. The molecule has 0 radical (unpaired) electrons. The summed E-state index contributed by atoms with van der Waals surface area (Å²) in [6, 6.07) is 15.7. The lowest BCUT2D eigenvalue weighted by Crippen LogP contribution is -2.47. The van der Waals surface area contributed by atoms with Crippen molar-refractivity contribution >= 4 is 29.2 Å². The van der Waals surface area contributed by atoms with Crippen LogP contribution < -0.4 is 29.3 Å². The number of methoxy groups -OCH3 is 1. The SMILES string of the molecule is COc1ccccc1N1CCN(c2cc(SCC(=O)NCc3ccc4c(c3)OCO4)ncn2)CC1. The van der Waals surface area contributed by atoms with E-state index in [0.717, 1.165) is 59.8 Å². The molecule has 5 rings (SSSR count). The molecule has 2 aliphatic rings. The zero-order chi connectivity index (χ0) is 24.0. The topological polar surface area (TPSA) is 89.1 Å². The van der Waals surface area contributed by atoms with Crippen LogP contribution in [0.3, 0.4) is 0 Å². The highest BCUT2D eigenvalue weighted by atomic mass is 32.2. The molecule has 3 heterocycles. The summed E-state index contributed by atoms with van der Waals surface area (Å²) in [4.78, 5) is 25.8. The monoisotopic (exact) mass is 493 g/mol. The quantitative estimate of drug-likeness (QED) is 0.376. The van der Waals surface area contributed by atoms with Gasteiger partial charge in [-0.25, -0.2) is 9.97 Å². The van der Waals surface area contributed by atoms with Crippen LogP contribution in [0.4, 0.5) is 11.5 Å². The summed E-state index contributed by atoms with van der Waals surface area (Å²) in [6.45, 7) is 4.09. The first-order valence-corrected chi connectivity index (χ1v) is 12.4. The Morgan fingerprint density at radius 2 is 1.83 bits per heavy atom. The number of fused-ring (bicyclic) bond motifs is 1. The Kier molecular flexibility index (Phi) is 7.08. The van der Waals surface area contributed by atoms with E-state index in [1.807, 2.05) is 42.5 Å². The zero-order valence-electron chi connectivity index (χ0n) is 19.5. The van der Waals surface area contributed by atoms with Crippen LogP contribution in [0.1, 0.15) is 5.56 Å². The Hall–Kier alpha value is -3.66. The molecule has 3 aromatic rings. The number of hydrogen-bond acceptors (Lipinski definition) is 9. The van der Waals surface area contributed by atoms with Crippen LogP contribution in [0.25, 0.3) is 0 Å². The van der Waals surface area contributed by atoms with Crippen molar-refractivity contribution in [3.05, 3.63) is 60.4 Å². The van der Waals surface area contributed by atoms with E-state index in [9.17, 15) is 4.79 Å². The molecule has 2 aromatic carbocycles. The number of benzene rings is 2. The van der Waals surface area contributed by atoms with Crippen LogP contribution in [0, 0.1) is 0 Å². The minimum absolute atomic E-state index is 0.0572. The molecule has 9 nitrogen and oxygen atoms in total. The van der Waals surface area contributed by atoms with Crippen molar-refractivity contribution in [3.8, 4) is 17.2 Å². The largest absolute Gasteiger partial charge is 0.495 e. The van der Waals surface area contributed by atoms with E-state index in [2.05, 4.69) is 31.2 Å². The smallest absolute Gasteiger partial charge is 0.231 e. The predicted octanol–water partition coefficient (Wildman–Crippen LogP) is 2.95. The standard InChI is InChI=1S/C25H27N5O4S/c1-32-20-5-3-2-4-19(20)29-8-10-30(11-9-29)23-13-25(28-16-27-23)35-15-24(31)26-14-18-6-7-21-22(12-18)34-17-33-21/h2-7,12-13,16H,8-11,14-15,17H2,1H3,(H,26,31). The van der Waals surface area contributed by atoms with Gasteiger partial charge >= 0.3 is 0 Å². The minimum Gasteiger partial charge on any atom is -0.495 e. The molecule has 1 fully saturated rings. The second-order valence-electron chi connectivity index (χ2n) is 8.11. The van der Waals surface area contributed by atoms with E-state index in [1.165, 1.54) is 11.8 Å². The number of carbonyl (C=O) groups excluding carboxylic acids is 1. The normalized spacial score (nSPS) is 14.7. The summed E-state index contributed by atoms with van der Waals surface area (Å²) in [5.41, 5.74) is 2.07. The van der Waals surface area contributed by atoms with Crippen molar-refractivity contribution in [1.82, 2.24) is 15.3 Å². The number of carbonyl (C=O) groups is 1. The molecule has 1 aromatic heterocycles. The molecule has 0 atom stereocenters. The third-order valence-electron chi connectivity index (χ3n) is 5.93. The number of hydrogen-bond donors (Lipinski definition) is 1. The molecule has 0 bridgehead atoms. The lowest BCUT2D eigenvalue weighted by Gasteiger charge is -2.37. The fraction of sp³-hybridized carbons (Fsp3) is 0.320. The molecular formula is C25H27N5O4S. The van der Waals surface area contributed by atoms with Crippen LogP contribution >= 0.6 is 11.8 Å². The molecule has 1 saturated heterocycles. The number of thioether (sulfide) groups is 1. The molecule has 2 aliphatic heterocycles. The highest BCUT2D eigenvalue weighted by molar-refractivity contribution is 7.99. The Balaban J connectivity index is 1.11. The van der Waals surface area contributed by atoms with Crippen LogP contribution in [-0.2, 0) is 11.3 Å². The molecule has 0 unspecified atom stereocenters. The van der Waals surface area contributed by atoms with Gasteiger partial charge in [-0.1, -0.05) is 30.0 Å². The molecule has 1 N–H and O–H groups in total. The summed E-state index contributed by atoms with van der Waals surface area (Å²) in [5.74, 6) is 3.43. The lowest BCUT2D eigenvalue weighted by molar-refractivity contribution is -0.118. The van der Waals surface area contributed by atoms with E-state index in [-0.39, 0.29) is 18.5 Å². The molecule has 0 spiro atoms. The van der Waals surface area contributed by atoms with Crippen molar-refractivity contribution in [1.29, 1.82) is 0 Å². The van der Waals surface area contributed by atoms with Gasteiger partial charge in [-0.3, -0.25) is 4.79 Å². The van der Waals surface area contributed by atoms with Crippen molar-refractivity contribution < 1.29 is 19.0 Å². The third-order valence-corrected chi connectivity index (χ3v) is 6.86. The maximum absolute atomic E-state index is 12.4. The molecular weight excluding hydrogens is 466 g/mol. The fourth-order valence-electron chi connectivity index (χ4n) is 4.09. The number of nitrogens with one attached hydrogen (secondary N) is 1. The molecule has 1 amide bonds. The Morgan fingerprint density at radius 3 is 2.69 bits per heavy atom. The summed E-state index contributed by atoms with van der Waals surface area (Å²) in [5, 5.41) is 3.72. The number of rotatable bonds is 8. The average Bonchev–Trinajstić information content (AvgIpc) is 3.39. The summed E-state index contributed by atoms with van der Waals surface area (Å²) >= 11 is 1.40. The van der Waals surface area contributed by atoms with Crippen LogP contribution in [0.15, 0.2) is 59.9 Å². The van der Waals surface area contributed by atoms with Crippen LogP contribution in [-0.4, -0.2) is 61.7 Å². The highest BCUT2D eigenvalue weighted by Crippen LogP contribution is 2.32. The van der Waals surface area contributed by atoms with Gasteiger partial charge in [0.1, 0.15) is 22.9 Å². The molecule has 0 aliphatic carbocycles. The van der Waals surface area contributed by atoms with E-state index in [1.54, 1.807) is 13.4 Å². The van der Waals surface area contributed by atoms with Crippen molar-refractivity contribution in [2.24, 2.45) is 0 Å². The Bertz CT molecular complexity index is 1190. The number of ether oxygens (including phenoxy) is 3. The van der Waals surface area contributed by atoms with Gasteiger partial charge in [0.2, 0.25) is 12.7 Å². The van der Waals surface area contributed by atoms with E-state index >= 15 is 0 Å². The third kappa shape index (κ3) is 5.54. The van der Waals surface area contributed by atoms with Crippen LogP contribution in [0.2, 0.25) is 0 Å². The lowest BCUT2D eigenvalue weighted by atomic mass is 10.2. The molecule has 10 heteroatoms. The number of nitrogens with zero attached hydrogens (tertiary/aromatic N) is 4. The van der Waals surface area contributed by atoms with E-state index in [0.29, 0.717) is 12.3 Å². The first-order valence-electron chi connectivity index (χ1n) is 11.4. The van der Waals surface area contributed by atoms with Crippen molar-refractivity contribution in [3.63, 3.8) is 0 Å². The van der Waals surface area contributed by atoms with E-state index in [4.69, 9.17) is 14.2 Å². The van der Waals surface area contributed by atoms with Gasteiger partial charge < -0.3 is 29.3 Å². The van der Waals surface area contributed by atoms with Gasteiger partial charge in [0.25, 0.3) is 0 Å². The maximum Gasteiger partial charge on any atom is 0.231 e. The average molecular weight is 494 g/mol. The summed E-state index contributed by atoms with van der Waals surface area (Å²) in [6.07, 6.45) is 1.56. The first-order chi connectivity index (χ1) is 17.2. The summed E-state index contributed by atoms with van der Waals surface area (Å²) in [7, 11) is 1.70. The summed E-state index contributed by atoms with van der Waals surface area (Å²) < 4.78 is 16.2. The van der Waals surface area contributed by atoms with Gasteiger partial charge in [-0.2, -0.15) is 0 Å². The zero-order valence-corrected chi connectivity index (χ0v) is 20.3. The van der Waals surface area contributed by atoms with Crippen molar-refractivity contribution in [2.45, 2.75) is 11.6 Å². The number of amides is 1. The predicted molar refractivity (Wildman–Crippen MR) is 135 cm³/mol. The van der Waals surface area contributed by atoms with Gasteiger partial charge in [0, 0.05) is 38.8 Å². The maximum atomic E-state index is 12.4. The fourth-order valence-corrected chi connectivity index (χ4v) is 4.78. The number of aromatic nitrogens is 2. The van der Waals surface area contributed by atoms with Gasteiger partial charge in [0.15, 0.2) is 11.5 Å². The number of piperazine rings is 1. The Labute approximate surface area is 208 Å². The van der Waals surface area contributed by atoms with Gasteiger partial charge in [-0.05, 0) is 29.8 Å². The first kappa shape index (κ1) is 23.1. The van der Waals surface area contributed by atoms with E-state index < -0.39 is 0 Å².